The number of carbonyl (C=O) groups excluding carboxylic acids is 1. The fourth-order valence-corrected chi connectivity index (χ4v) is 2.81. The average molecular weight is 391 g/mol. The van der Waals surface area contributed by atoms with E-state index in [0.29, 0.717) is 33.1 Å². The van der Waals surface area contributed by atoms with Gasteiger partial charge in [-0.1, -0.05) is 41.4 Å². The first kappa shape index (κ1) is 18.2. The van der Waals surface area contributed by atoms with Crippen LogP contribution >= 0.6 is 23.2 Å². The van der Waals surface area contributed by atoms with Crippen LogP contribution in [-0.4, -0.2) is 27.3 Å². The van der Waals surface area contributed by atoms with Gasteiger partial charge < -0.3 is 10.1 Å². The van der Waals surface area contributed by atoms with E-state index in [-0.39, 0.29) is 12.5 Å². The number of anilines is 1. The van der Waals surface area contributed by atoms with Crippen LogP contribution in [0.2, 0.25) is 10.0 Å². The van der Waals surface area contributed by atoms with Gasteiger partial charge in [0.2, 0.25) is 0 Å². The van der Waals surface area contributed by atoms with E-state index in [1.165, 1.54) is 10.9 Å². The predicted octanol–water partition coefficient (Wildman–Crippen LogP) is 4.21. The van der Waals surface area contributed by atoms with Crippen molar-refractivity contribution < 1.29 is 9.53 Å². The van der Waals surface area contributed by atoms with E-state index < -0.39 is 0 Å². The third-order valence-electron chi connectivity index (χ3n) is 3.54. The Morgan fingerprint density at radius 3 is 2.73 bits per heavy atom. The number of amides is 1. The molecule has 0 saturated carbocycles. The SMILES string of the molecule is Cc1cc(NC(=O)COc2ccccc2C)n(-c2ncc(Cl)cc2Cl)n1. The van der Waals surface area contributed by atoms with Crippen molar-refractivity contribution in [2.24, 2.45) is 0 Å². The standard InChI is InChI=1S/C18H16Cl2N4O2/c1-11-5-3-4-6-15(11)26-10-17(25)22-16-7-12(2)23-24(16)18-14(20)8-13(19)9-21-18/h3-9H,10H2,1-2H3,(H,22,25). The second-order valence-corrected chi connectivity index (χ2v) is 6.49. The maximum absolute atomic E-state index is 12.3. The molecule has 3 aromatic rings. The third-order valence-corrected chi connectivity index (χ3v) is 4.03. The lowest BCUT2D eigenvalue weighted by Crippen LogP contribution is -2.22. The molecule has 0 saturated heterocycles. The summed E-state index contributed by atoms with van der Waals surface area (Å²) in [4.78, 5) is 16.5. The number of rotatable bonds is 5. The van der Waals surface area contributed by atoms with E-state index >= 15 is 0 Å². The Morgan fingerprint density at radius 2 is 2.00 bits per heavy atom. The maximum atomic E-state index is 12.3. The molecular formula is C18H16Cl2N4O2. The molecule has 0 fully saturated rings. The van der Waals surface area contributed by atoms with E-state index in [1.807, 2.05) is 31.2 Å². The van der Waals surface area contributed by atoms with Gasteiger partial charge in [-0.15, -0.1) is 0 Å². The minimum atomic E-state index is -0.320. The summed E-state index contributed by atoms with van der Waals surface area (Å²) >= 11 is 12.1. The molecule has 1 amide bonds. The molecule has 2 heterocycles. The highest BCUT2D eigenvalue weighted by Crippen LogP contribution is 2.25. The van der Waals surface area contributed by atoms with Gasteiger partial charge in [0.15, 0.2) is 12.4 Å². The van der Waals surface area contributed by atoms with Gasteiger partial charge in [0.05, 0.1) is 15.7 Å². The highest BCUT2D eigenvalue weighted by Gasteiger charge is 2.15. The summed E-state index contributed by atoms with van der Waals surface area (Å²) in [6.45, 7) is 3.59. The fraction of sp³-hybridized carbons (Fsp3) is 0.167. The summed E-state index contributed by atoms with van der Waals surface area (Å²) in [5, 5.41) is 7.84. The van der Waals surface area contributed by atoms with Gasteiger partial charge in [-0.25, -0.2) is 4.98 Å². The lowest BCUT2D eigenvalue weighted by Gasteiger charge is -2.11. The number of ether oxygens (including phenoxy) is 1. The molecule has 134 valence electrons. The number of carbonyl (C=O) groups is 1. The van der Waals surface area contributed by atoms with Crippen molar-refractivity contribution in [3.8, 4) is 11.6 Å². The lowest BCUT2D eigenvalue weighted by molar-refractivity contribution is -0.118. The highest BCUT2D eigenvalue weighted by atomic mass is 35.5. The first-order valence-corrected chi connectivity index (χ1v) is 8.56. The molecule has 2 aromatic heterocycles. The number of aromatic nitrogens is 3. The van der Waals surface area contributed by atoms with Gasteiger partial charge in [-0.3, -0.25) is 4.79 Å². The van der Waals surface area contributed by atoms with Crippen LogP contribution in [0.5, 0.6) is 5.75 Å². The van der Waals surface area contributed by atoms with Crippen molar-refractivity contribution in [2.75, 3.05) is 11.9 Å². The van der Waals surface area contributed by atoms with Gasteiger partial charge in [0.1, 0.15) is 11.6 Å². The smallest absolute Gasteiger partial charge is 0.263 e. The molecule has 0 bridgehead atoms. The van der Waals surface area contributed by atoms with Crippen LogP contribution in [-0.2, 0) is 4.79 Å². The molecule has 8 heteroatoms. The second-order valence-electron chi connectivity index (χ2n) is 5.64. The summed E-state index contributed by atoms with van der Waals surface area (Å²) in [5.74, 6) is 1.16. The Kier molecular flexibility index (Phi) is 5.44. The zero-order valence-corrected chi connectivity index (χ0v) is 15.7. The van der Waals surface area contributed by atoms with Crippen LogP contribution in [0.4, 0.5) is 5.82 Å². The molecule has 0 radical (unpaired) electrons. The number of aryl methyl sites for hydroxylation is 2. The van der Waals surface area contributed by atoms with Crippen molar-refractivity contribution in [3.05, 3.63) is 63.9 Å². The maximum Gasteiger partial charge on any atom is 0.263 e. The zero-order valence-electron chi connectivity index (χ0n) is 14.2. The average Bonchev–Trinajstić information content (AvgIpc) is 2.94. The van der Waals surface area contributed by atoms with Crippen molar-refractivity contribution in [3.63, 3.8) is 0 Å². The summed E-state index contributed by atoms with van der Waals surface area (Å²) in [7, 11) is 0. The molecule has 1 N–H and O–H groups in total. The fourth-order valence-electron chi connectivity index (χ4n) is 2.35. The Balaban J connectivity index is 1.76. The van der Waals surface area contributed by atoms with Gasteiger partial charge in [0, 0.05) is 12.3 Å². The third kappa shape index (κ3) is 4.15. The van der Waals surface area contributed by atoms with Gasteiger partial charge in [-0.2, -0.15) is 9.78 Å². The minimum absolute atomic E-state index is 0.128. The van der Waals surface area contributed by atoms with Crippen LogP contribution in [0.25, 0.3) is 5.82 Å². The molecule has 0 aliphatic heterocycles. The molecule has 1 aromatic carbocycles. The van der Waals surface area contributed by atoms with Crippen LogP contribution in [0, 0.1) is 13.8 Å². The second kappa shape index (κ2) is 7.76. The Hall–Kier alpha value is -2.57. The van der Waals surface area contributed by atoms with E-state index in [2.05, 4.69) is 15.4 Å². The van der Waals surface area contributed by atoms with Crippen molar-refractivity contribution in [2.45, 2.75) is 13.8 Å². The molecule has 26 heavy (non-hydrogen) atoms. The van der Waals surface area contributed by atoms with E-state index in [0.717, 1.165) is 5.56 Å². The monoisotopic (exact) mass is 390 g/mol. The Labute approximate surface area is 160 Å². The number of halogens is 2. The quantitative estimate of drug-likeness (QED) is 0.708. The molecule has 3 rings (SSSR count). The molecular weight excluding hydrogens is 375 g/mol. The van der Waals surface area contributed by atoms with Gasteiger partial charge in [-0.05, 0) is 31.5 Å². The topological polar surface area (TPSA) is 69.0 Å². The molecule has 6 nitrogen and oxygen atoms in total. The number of benzene rings is 1. The van der Waals surface area contributed by atoms with Crippen LogP contribution in [0.15, 0.2) is 42.6 Å². The number of nitrogens with zero attached hydrogens (tertiary/aromatic N) is 3. The summed E-state index contributed by atoms with van der Waals surface area (Å²) in [6, 6.07) is 10.8. The largest absolute Gasteiger partial charge is 0.483 e. The normalized spacial score (nSPS) is 10.6. The molecule has 0 aliphatic rings. The molecule has 0 spiro atoms. The first-order valence-electron chi connectivity index (χ1n) is 7.80. The van der Waals surface area contributed by atoms with Crippen molar-refractivity contribution in [1.29, 1.82) is 0 Å². The molecule has 0 aliphatic carbocycles. The molecule has 0 atom stereocenters. The van der Waals surface area contributed by atoms with Crippen molar-refractivity contribution >= 4 is 34.9 Å². The Bertz CT molecular complexity index is 956. The number of pyridine rings is 1. The number of hydrogen-bond donors (Lipinski definition) is 1. The summed E-state index contributed by atoms with van der Waals surface area (Å²) in [6.07, 6.45) is 1.46. The zero-order chi connectivity index (χ0) is 18.7. The number of para-hydroxylation sites is 1. The van der Waals surface area contributed by atoms with Crippen LogP contribution in [0.1, 0.15) is 11.3 Å². The predicted molar refractivity (Wildman–Crippen MR) is 101 cm³/mol. The highest BCUT2D eigenvalue weighted by molar-refractivity contribution is 6.35. The van der Waals surface area contributed by atoms with Crippen LogP contribution < -0.4 is 10.1 Å². The minimum Gasteiger partial charge on any atom is -0.483 e. The lowest BCUT2D eigenvalue weighted by atomic mass is 10.2. The first-order chi connectivity index (χ1) is 12.4. The number of nitrogens with one attached hydrogen (secondary N) is 1. The summed E-state index contributed by atoms with van der Waals surface area (Å²) < 4.78 is 7.02. The van der Waals surface area contributed by atoms with E-state index in [1.54, 1.807) is 19.1 Å². The van der Waals surface area contributed by atoms with E-state index in [4.69, 9.17) is 27.9 Å². The van der Waals surface area contributed by atoms with Gasteiger partial charge >= 0.3 is 0 Å². The van der Waals surface area contributed by atoms with Gasteiger partial charge in [0.25, 0.3) is 5.91 Å². The molecule has 0 unspecified atom stereocenters. The number of hydrogen-bond acceptors (Lipinski definition) is 4. The summed E-state index contributed by atoms with van der Waals surface area (Å²) in [5.41, 5.74) is 1.66. The van der Waals surface area contributed by atoms with Crippen LogP contribution in [0.3, 0.4) is 0 Å². The Morgan fingerprint density at radius 1 is 1.23 bits per heavy atom. The van der Waals surface area contributed by atoms with Crippen molar-refractivity contribution in [1.82, 2.24) is 14.8 Å². The van der Waals surface area contributed by atoms with E-state index in [9.17, 15) is 4.79 Å².